The van der Waals surface area contributed by atoms with Crippen molar-refractivity contribution in [1.29, 1.82) is 0 Å². The fraction of sp³-hybridized carbons (Fsp3) is 0.350. The van der Waals surface area contributed by atoms with Crippen molar-refractivity contribution in [2.24, 2.45) is 0 Å². The van der Waals surface area contributed by atoms with Crippen molar-refractivity contribution in [3.8, 4) is 11.4 Å². The van der Waals surface area contributed by atoms with Gasteiger partial charge in [0.25, 0.3) is 0 Å². The van der Waals surface area contributed by atoms with E-state index in [1.54, 1.807) is 24.3 Å². The van der Waals surface area contributed by atoms with E-state index in [1.807, 2.05) is 25.1 Å². The molecule has 2 aromatic heterocycles. The summed E-state index contributed by atoms with van der Waals surface area (Å²) in [6.07, 6.45) is 3.82. The highest BCUT2D eigenvalue weighted by Gasteiger charge is 2.25. The number of rotatable bonds is 9. The van der Waals surface area contributed by atoms with Gasteiger partial charge in [0.1, 0.15) is 5.02 Å². The van der Waals surface area contributed by atoms with E-state index in [0.29, 0.717) is 47.1 Å². The minimum absolute atomic E-state index is 0.151. The lowest BCUT2D eigenvalue weighted by molar-refractivity contribution is 0.412. The number of benzene rings is 1. The van der Waals surface area contributed by atoms with Crippen molar-refractivity contribution in [1.82, 2.24) is 29.8 Å². The van der Waals surface area contributed by atoms with Crippen LogP contribution in [0.5, 0.6) is 0 Å². The predicted molar refractivity (Wildman–Crippen MR) is 120 cm³/mol. The van der Waals surface area contributed by atoms with Crippen molar-refractivity contribution in [2.45, 2.75) is 23.7 Å². The summed E-state index contributed by atoms with van der Waals surface area (Å²) >= 11 is 6.27. The van der Waals surface area contributed by atoms with Crippen molar-refractivity contribution < 1.29 is 8.42 Å². The highest BCUT2D eigenvalue weighted by atomic mass is 35.5. The highest BCUT2D eigenvalue weighted by molar-refractivity contribution is 7.89. The summed E-state index contributed by atoms with van der Waals surface area (Å²) in [7, 11) is 0.125. The Kier molecular flexibility index (Phi) is 6.24. The summed E-state index contributed by atoms with van der Waals surface area (Å²) in [5, 5.41) is 10.7. The number of likely N-dealkylation sites (N-methyl/N-ethyl adjacent to an activating group) is 1. The van der Waals surface area contributed by atoms with E-state index in [-0.39, 0.29) is 4.90 Å². The zero-order valence-corrected chi connectivity index (χ0v) is 18.8. The van der Waals surface area contributed by atoms with Crippen LogP contribution in [0.2, 0.25) is 5.02 Å². The number of aromatic amines is 1. The second-order valence-electron chi connectivity index (χ2n) is 7.73. The molecule has 0 spiro atoms. The monoisotopic (exact) mass is 461 g/mol. The first-order chi connectivity index (χ1) is 14.8. The summed E-state index contributed by atoms with van der Waals surface area (Å²) in [5.41, 5.74) is 1.66. The third-order valence-corrected chi connectivity index (χ3v) is 6.59. The maximum Gasteiger partial charge on any atom is 0.240 e. The Morgan fingerprint density at radius 1 is 1.26 bits per heavy atom. The number of nitrogens with zero attached hydrogens (tertiary/aromatic N) is 4. The number of H-pyrrole nitrogens is 1. The van der Waals surface area contributed by atoms with Gasteiger partial charge in [0.2, 0.25) is 10.0 Å². The summed E-state index contributed by atoms with van der Waals surface area (Å²) in [5.74, 6) is 1.93. The van der Waals surface area contributed by atoms with Crippen LogP contribution in [0.3, 0.4) is 0 Å². The first kappa shape index (κ1) is 21.7. The van der Waals surface area contributed by atoms with Gasteiger partial charge in [-0.05, 0) is 39.1 Å². The first-order valence-electron chi connectivity index (χ1n) is 9.91. The van der Waals surface area contributed by atoms with Crippen LogP contribution in [-0.2, 0) is 10.0 Å². The lowest BCUT2D eigenvalue weighted by Crippen LogP contribution is -2.31. The average molecular weight is 462 g/mol. The van der Waals surface area contributed by atoms with Gasteiger partial charge < -0.3 is 10.2 Å². The molecule has 0 radical (unpaired) electrons. The van der Waals surface area contributed by atoms with E-state index < -0.39 is 10.0 Å². The number of sulfonamides is 1. The number of halogens is 1. The smallest absolute Gasteiger partial charge is 0.240 e. The van der Waals surface area contributed by atoms with E-state index in [9.17, 15) is 8.42 Å². The molecule has 0 atom stereocenters. The van der Waals surface area contributed by atoms with Crippen molar-refractivity contribution >= 4 is 33.3 Å². The molecule has 9 nitrogen and oxygen atoms in total. The number of anilines is 2. The summed E-state index contributed by atoms with van der Waals surface area (Å²) in [4.78, 5) is 10.8. The highest BCUT2D eigenvalue weighted by Crippen LogP contribution is 2.39. The molecular weight excluding hydrogens is 438 g/mol. The molecule has 1 saturated carbocycles. The quantitative estimate of drug-likeness (QED) is 0.448. The van der Waals surface area contributed by atoms with Gasteiger partial charge >= 0.3 is 0 Å². The Bertz CT molecular complexity index is 1180. The van der Waals surface area contributed by atoms with Gasteiger partial charge in [0.05, 0.1) is 11.1 Å². The molecule has 3 N–H and O–H groups in total. The molecule has 1 fully saturated rings. The molecule has 164 valence electrons. The molecule has 1 aliphatic carbocycles. The fourth-order valence-corrected chi connectivity index (χ4v) is 4.21. The van der Waals surface area contributed by atoms with Crippen LogP contribution in [0.1, 0.15) is 24.5 Å². The van der Waals surface area contributed by atoms with E-state index >= 15 is 0 Å². The molecule has 1 aromatic carbocycles. The average Bonchev–Trinajstić information content (AvgIpc) is 3.48. The molecule has 0 amide bonds. The van der Waals surface area contributed by atoms with Crippen LogP contribution in [0, 0.1) is 0 Å². The number of hydrogen-bond acceptors (Lipinski definition) is 7. The van der Waals surface area contributed by atoms with Crippen LogP contribution >= 0.6 is 11.6 Å². The minimum atomic E-state index is -3.64. The number of nitrogens with one attached hydrogen (secondary N) is 3. The fourth-order valence-electron chi connectivity index (χ4n) is 3.01. The summed E-state index contributed by atoms with van der Waals surface area (Å²) < 4.78 is 27.8. The van der Waals surface area contributed by atoms with E-state index in [4.69, 9.17) is 11.6 Å². The van der Waals surface area contributed by atoms with E-state index in [0.717, 1.165) is 5.69 Å². The number of aromatic nitrogens is 4. The minimum Gasteiger partial charge on any atom is -0.322 e. The molecular formula is C20H24ClN7O2S. The Hall–Kier alpha value is -2.53. The third kappa shape index (κ3) is 5.40. The Labute approximate surface area is 186 Å². The van der Waals surface area contributed by atoms with E-state index in [2.05, 4.69) is 30.2 Å². The normalized spacial score (nSPS) is 14.2. The zero-order valence-electron chi connectivity index (χ0n) is 17.3. The molecule has 4 rings (SSSR count). The van der Waals surface area contributed by atoms with Crippen LogP contribution < -0.4 is 10.0 Å². The molecule has 1 aliphatic rings. The molecule has 0 aliphatic heterocycles. The van der Waals surface area contributed by atoms with Crippen molar-refractivity contribution in [3.63, 3.8) is 0 Å². The molecule has 0 saturated heterocycles. The summed E-state index contributed by atoms with van der Waals surface area (Å²) in [6.45, 7) is 0.918. The lowest BCUT2D eigenvalue weighted by Gasteiger charge is -2.12. The van der Waals surface area contributed by atoms with Gasteiger partial charge in [-0.15, -0.1) is 0 Å². The second-order valence-corrected chi connectivity index (χ2v) is 9.90. The largest absolute Gasteiger partial charge is 0.322 e. The zero-order chi connectivity index (χ0) is 22.0. The lowest BCUT2D eigenvalue weighted by atomic mass is 10.2. The van der Waals surface area contributed by atoms with Gasteiger partial charge in [-0.2, -0.15) is 5.10 Å². The predicted octanol–water partition coefficient (Wildman–Crippen LogP) is 2.98. The van der Waals surface area contributed by atoms with Crippen LogP contribution in [0.4, 0.5) is 11.6 Å². The van der Waals surface area contributed by atoms with E-state index in [1.165, 1.54) is 19.0 Å². The topological polar surface area (TPSA) is 116 Å². The number of hydrogen-bond donors (Lipinski definition) is 3. The SMILES string of the molecule is CN(C)CCNS(=O)(=O)c1cccc(-c2ncc(Cl)c(Nc3cc(C4CC4)[nH]n3)n2)c1. The Balaban J connectivity index is 1.55. The van der Waals surface area contributed by atoms with Gasteiger partial charge in [0.15, 0.2) is 17.5 Å². The van der Waals surface area contributed by atoms with Gasteiger partial charge in [-0.3, -0.25) is 5.10 Å². The maximum atomic E-state index is 12.6. The second kappa shape index (κ2) is 8.91. The van der Waals surface area contributed by atoms with Gasteiger partial charge in [-0.25, -0.2) is 23.1 Å². The molecule has 0 bridgehead atoms. The first-order valence-corrected chi connectivity index (χ1v) is 11.8. The maximum absolute atomic E-state index is 12.6. The molecule has 31 heavy (non-hydrogen) atoms. The van der Waals surface area contributed by atoms with Gasteiger partial charge in [-0.1, -0.05) is 23.7 Å². The van der Waals surface area contributed by atoms with Crippen molar-refractivity contribution in [2.75, 3.05) is 32.5 Å². The van der Waals surface area contributed by atoms with Crippen LogP contribution in [-0.4, -0.2) is 60.7 Å². The Morgan fingerprint density at radius 2 is 2.06 bits per heavy atom. The molecule has 3 aromatic rings. The molecule has 11 heteroatoms. The van der Waals surface area contributed by atoms with Crippen LogP contribution in [0.15, 0.2) is 41.4 Å². The molecule has 0 unspecified atom stereocenters. The third-order valence-electron chi connectivity index (χ3n) is 4.86. The van der Waals surface area contributed by atoms with Crippen molar-refractivity contribution in [3.05, 3.63) is 47.2 Å². The van der Waals surface area contributed by atoms with Gasteiger partial charge in [0, 0.05) is 36.3 Å². The standard InChI is InChI=1S/C20H24ClN7O2S/c1-28(2)9-8-23-31(29,30)15-5-3-4-14(10-15)19-22-12-16(21)20(25-19)24-18-11-17(26-27-18)13-6-7-13/h3-5,10-13,23H,6-9H2,1-2H3,(H2,22,24,25,26,27). The van der Waals surface area contributed by atoms with Crippen LogP contribution in [0.25, 0.3) is 11.4 Å². The molecule has 2 heterocycles. The Morgan fingerprint density at radius 3 is 2.81 bits per heavy atom. The summed E-state index contributed by atoms with van der Waals surface area (Å²) in [6, 6.07) is 8.45.